The van der Waals surface area contributed by atoms with Crippen LogP contribution >= 0.6 is 0 Å². The number of nitrogens with zero attached hydrogens (tertiary/aromatic N) is 2. The Morgan fingerprint density at radius 3 is 2.23 bits per heavy atom. The molecule has 1 aliphatic heterocycles. The van der Waals surface area contributed by atoms with E-state index in [-0.39, 0.29) is 11.8 Å². The number of piperidine rings is 1. The SMILES string of the molecule is Cc1ccc(S(=O)(=O)N2CCC(C(=O)NCc3ccccc3CN(C)C)CC2)cc1. The molecule has 0 saturated carbocycles. The lowest BCUT2D eigenvalue weighted by Crippen LogP contribution is -2.42. The van der Waals surface area contributed by atoms with Gasteiger partial charge < -0.3 is 10.2 Å². The van der Waals surface area contributed by atoms with E-state index in [4.69, 9.17) is 0 Å². The van der Waals surface area contributed by atoms with Gasteiger partial charge in [0.25, 0.3) is 0 Å². The molecule has 1 aliphatic rings. The molecule has 3 rings (SSSR count). The highest BCUT2D eigenvalue weighted by Crippen LogP contribution is 2.24. The van der Waals surface area contributed by atoms with E-state index in [1.54, 1.807) is 24.3 Å². The van der Waals surface area contributed by atoms with E-state index in [0.29, 0.717) is 37.4 Å². The topological polar surface area (TPSA) is 69.7 Å². The number of hydrogen-bond donors (Lipinski definition) is 1. The smallest absolute Gasteiger partial charge is 0.243 e. The summed E-state index contributed by atoms with van der Waals surface area (Å²) in [6.07, 6.45) is 1.08. The second-order valence-corrected chi connectivity index (χ2v) is 10.2. The van der Waals surface area contributed by atoms with Gasteiger partial charge in [-0.25, -0.2) is 8.42 Å². The maximum atomic E-state index is 12.8. The van der Waals surface area contributed by atoms with Gasteiger partial charge in [-0.3, -0.25) is 4.79 Å². The summed E-state index contributed by atoms with van der Waals surface area (Å²) in [7, 11) is 0.540. The summed E-state index contributed by atoms with van der Waals surface area (Å²) in [6, 6.07) is 15.0. The summed E-state index contributed by atoms with van der Waals surface area (Å²) in [6.45, 7) is 3.97. The molecule has 1 amide bonds. The molecular weight excluding hydrogens is 398 g/mol. The van der Waals surface area contributed by atoms with Crippen LogP contribution in [-0.4, -0.2) is 50.7 Å². The summed E-state index contributed by atoms with van der Waals surface area (Å²) in [5, 5.41) is 3.05. The summed E-state index contributed by atoms with van der Waals surface area (Å²) < 4.78 is 27.2. The van der Waals surface area contributed by atoms with Crippen LogP contribution in [0.3, 0.4) is 0 Å². The van der Waals surface area contributed by atoms with Crippen LogP contribution in [0.2, 0.25) is 0 Å². The molecule has 1 N–H and O–H groups in total. The highest BCUT2D eigenvalue weighted by atomic mass is 32.2. The normalized spacial score (nSPS) is 16.0. The van der Waals surface area contributed by atoms with Crippen molar-refractivity contribution in [1.29, 1.82) is 0 Å². The van der Waals surface area contributed by atoms with Crippen molar-refractivity contribution in [3.63, 3.8) is 0 Å². The fraction of sp³-hybridized carbons (Fsp3) is 0.435. The average molecular weight is 430 g/mol. The largest absolute Gasteiger partial charge is 0.352 e. The molecule has 0 aliphatic carbocycles. The molecule has 162 valence electrons. The van der Waals surface area contributed by atoms with Crippen LogP contribution < -0.4 is 5.32 Å². The van der Waals surface area contributed by atoms with E-state index in [9.17, 15) is 13.2 Å². The molecule has 1 fully saturated rings. The third-order valence-electron chi connectivity index (χ3n) is 5.54. The molecule has 2 aromatic rings. The molecule has 0 aromatic heterocycles. The van der Waals surface area contributed by atoms with Crippen molar-refractivity contribution in [3.05, 3.63) is 65.2 Å². The lowest BCUT2D eigenvalue weighted by molar-refractivity contribution is -0.126. The molecule has 7 heteroatoms. The Kier molecular flexibility index (Phi) is 7.28. The summed E-state index contributed by atoms with van der Waals surface area (Å²) >= 11 is 0. The lowest BCUT2D eigenvalue weighted by Gasteiger charge is -2.30. The predicted molar refractivity (Wildman–Crippen MR) is 118 cm³/mol. The van der Waals surface area contributed by atoms with E-state index in [1.165, 1.54) is 9.87 Å². The van der Waals surface area contributed by atoms with Crippen LogP contribution in [0.15, 0.2) is 53.4 Å². The van der Waals surface area contributed by atoms with Gasteiger partial charge in [0.2, 0.25) is 15.9 Å². The van der Waals surface area contributed by atoms with Crippen molar-refractivity contribution in [1.82, 2.24) is 14.5 Å². The molecule has 0 unspecified atom stereocenters. The monoisotopic (exact) mass is 429 g/mol. The van der Waals surface area contributed by atoms with Crippen molar-refractivity contribution < 1.29 is 13.2 Å². The van der Waals surface area contributed by atoms with Crippen LogP contribution in [0.4, 0.5) is 0 Å². The van der Waals surface area contributed by atoms with Crippen LogP contribution in [0.1, 0.15) is 29.5 Å². The zero-order valence-corrected chi connectivity index (χ0v) is 18.8. The van der Waals surface area contributed by atoms with Gasteiger partial charge in [-0.2, -0.15) is 4.31 Å². The molecule has 1 saturated heterocycles. The molecular formula is C23H31N3O3S. The first kappa shape index (κ1) is 22.5. The van der Waals surface area contributed by atoms with E-state index in [2.05, 4.69) is 16.3 Å². The molecule has 0 atom stereocenters. The Hall–Kier alpha value is -2.22. The summed E-state index contributed by atoms with van der Waals surface area (Å²) in [4.78, 5) is 15.1. The standard InChI is InChI=1S/C23H31N3O3S/c1-18-8-10-22(11-9-18)30(28,29)26-14-12-19(13-15-26)23(27)24-16-20-6-4-5-7-21(20)17-25(2)3/h4-11,19H,12-17H2,1-3H3,(H,24,27). The number of carbonyl (C=O) groups excluding carboxylic acids is 1. The van der Waals surface area contributed by atoms with Crippen LogP contribution in [0.25, 0.3) is 0 Å². The lowest BCUT2D eigenvalue weighted by atomic mass is 9.97. The third-order valence-corrected chi connectivity index (χ3v) is 7.45. The zero-order chi connectivity index (χ0) is 21.7. The van der Waals surface area contributed by atoms with E-state index in [1.807, 2.05) is 39.2 Å². The molecule has 6 nitrogen and oxygen atoms in total. The van der Waals surface area contributed by atoms with Gasteiger partial charge >= 0.3 is 0 Å². The van der Waals surface area contributed by atoms with Gasteiger partial charge in [0.15, 0.2) is 0 Å². The van der Waals surface area contributed by atoms with Crippen molar-refractivity contribution in [2.45, 2.75) is 37.8 Å². The van der Waals surface area contributed by atoms with Crippen molar-refractivity contribution in [2.75, 3.05) is 27.2 Å². The maximum Gasteiger partial charge on any atom is 0.243 e. The Morgan fingerprint density at radius 2 is 1.63 bits per heavy atom. The molecule has 0 spiro atoms. The minimum atomic E-state index is -3.50. The third kappa shape index (κ3) is 5.47. The zero-order valence-electron chi connectivity index (χ0n) is 18.0. The second kappa shape index (κ2) is 9.73. The first-order valence-corrected chi connectivity index (χ1v) is 11.8. The van der Waals surface area contributed by atoms with Gasteiger partial charge in [0, 0.05) is 32.1 Å². The van der Waals surface area contributed by atoms with Crippen LogP contribution in [0, 0.1) is 12.8 Å². The molecule has 2 aromatic carbocycles. The Balaban J connectivity index is 1.55. The second-order valence-electron chi connectivity index (χ2n) is 8.22. The highest BCUT2D eigenvalue weighted by molar-refractivity contribution is 7.89. The minimum Gasteiger partial charge on any atom is -0.352 e. The average Bonchev–Trinajstić information content (AvgIpc) is 2.73. The number of hydrogen-bond acceptors (Lipinski definition) is 4. The first-order chi connectivity index (χ1) is 14.3. The van der Waals surface area contributed by atoms with Crippen LogP contribution in [0.5, 0.6) is 0 Å². The Bertz CT molecular complexity index is 963. The Labute approximate surface area is 179 Å². The van der Waals surface area contributed by atoms with Gasteiger partial charge in [-0.15, -0.1) is 0 Å². The maximum absolute atomic E-state index is 12.8. The van der Waals surface area contributed by atoms with E-state index < -0.39 is 10.0 Å². The van der Waals surface area contributed by atoms with Gasteiger partial charge in [0.05, 0.1) is 4.90 Å². The number of sulfonamides is 1. The van der Waals surface area contributed by atoms with Gasteiger partial charge in [-0.05, 0) is 57.1 Å². The number of nitrogens with one attached hydrogen (secondary N) is 1. The number of aryl methyl sites for hydroxylation is 1. The van der Waals surface area contributed by atoms with Crippen molar-refractivity contribution in [2.24, 2.45) is 5.92 Å². The van der Waals surface area contributed by atoms with Gasteiger partial charge in [-0.1, -0.05) is 42.0 Å². The van der Waals surface area contributed by atoms with Gasteiger partial charge in [0.1, 0.15) is 0 Å². The van der Waals surface area contributed by atoms with Crippen LogP contribution in [-0.2, 0) is 27.9 Å². The summed E-state index contributed by atoms with van der Waals surface area (Å²) in [5.74, 6) is -0.155. The van der Waals surface area contributed by atoms with E-state index >= 15 is 0 Å². The molecule has 0 radical (unpaired) electrons. The van der Waals surface area contributed by atoms with Crippen molar-refractivity contribution >= 4 is 15.9 Å². The highest BCUT2D eigenvalue weighted by Gasteiger charge is 2.32. The fourth-order valence-corrected chi connectivity index (χ4v) is 5.24. The molecule has 30 heavy (non-hydrogen) atoms. The fourth-order valence-electron chi connectivity index (χ4n) is 3.77. The number of benzene rings is 2. The molecule has 1 heterocycles. The minimum absolute atomic E-state index is 0.00189. The van der Waals surface area contributed by atoms with E-state index in [0.717, 1.165) is 17.7 Å². The molecule has 0 bridgehead atoms. The first-order valence-electron chi connectivity index (χ1n) is 10.3. The Morgan fingerprint density at radius 1 is 1.03 bits per heavy atom. The quantitative estimate of drug-likeness (QED) is 0.735. The number of amides is 1. The summed E-state index contributed by atoms with van der Waals surface area (Å²) in [5.41, 5.74) is 3.33. The number of rotatable bonds is 7. The van der Waals surface area contributed by atoms with Crippen molar-refractivity contribution in [3.8, 4) is 0 Å². The number of carbonyl (C=O) groups is 1. The predicted octanol–water partition coefficient (Wildman–Crippen LogP) is 2.77.